The Bertz CT molecular complexity index is 1260. The van der Waals surface area contributed by atoms with E-state index in [1.54, 1.807) is 66.5 Å². The minimum absolute atomic E-state index is 0.236. The molecule has 4 aromatic rings. The number of methoxy groups -OCH3 is 1. The molecule has 0 atom stereocenters. The van der Waals surface area contributed by atoms with Crippen molar-refractivity contribution in [2.45, 2.75) is 13.2 Å². The molecule has 0 saturated carbocycles. The van der Waals surface area contributed by atoms with E-state index in [1.165, 1.54) is 0 Å². The Morgan fingerprint density at radius 1 is 1.00 bits per heavy atom. The second kappa shape index (κ2) is 10.4. The van der Waals surface area contributed by atoms with Gasteiger partial charge in [0.2, 0.25) is 0 Å². The van der Waals surface area contributed by atoms with Crippen molar-refractivity contribution in [3.63, 3.8) is 0 Å². The third-order valence-electron chi connectivity index (χ3n) is 4.87. The number of carbonyl (C=O) groups is 1. The quantitative estimate of drug-likeness (QED) is 0.331. The molecule has 0 aliphatic heterocycles. The minimum Gasteiger partial charge on any atom is -0.496 e. The lowest BCUT2D eigenvalue weighted by atomic mass is 10.1. The van der Waals surface area contributed by atoms with E-state index in [9.17, 15) is 4.79 Å². The molecule has 0 aliphatic carbocycles. The fourth-order valence-corrected chi connectivity index (χ4v) is 3.59. The normalized spacial score (nSPS) is 10.6. The van der Waals surface area contributed by atoms with Crippen molar-refractivity contribution in [1.29, 1.82) is 0 Å². The van der Waals surface area contributed by atoms with Crippen LogP contribution in [0.5, 0.6) is 11.5 Å². The Balaban J connectivity index is 1.43. The van der Waals surface area contributed by atoms with Crippen LogP contribution >= 0.6 is 23.2 Å². The van der Waals surface area contributed by atoms with E-state index >= 15 is 0 Å². The highest BCUT2D eigenvalue weighted by Crippen LogP contribution is 2.24. The summed E-state index contributed by atoms with van der Waals surface area (Å²) < 4.78 is 13.0. The van der Waals surface area contributed by atoms with Crippen LogP contribution < -0.4 is 14.8 Å². The summed E-state index contributed by atoms with van der Waals surface area (Å²) in [6.45, 7) is 0.783. The van der Waals surface area contributed by atoms with Gasteiger partial charge in [0.15, 0.2) is 5.82 Å². The smallest absolute Gasteiger partial charge is 0.256 e. The van der Waals surface area contributed by atoms with Gasteiger partial charge >= 0.3 is 0 Å². The van der Waals surface area contributed by atoms with Crippen LogP contribution in [0.2, 0.25) is 10.0 Å². The molecule has 4 rings (SSSR count). The summed E-state index contributed by atoms with van der Waals surface area (Å²) in [5, 5.41) is 8.55. The van der Waals surface area contributed by atoms with E-state index in [1.807, 2.05) is 24.3 Å². The van der Waals surface area contributed by atoms with Crippen LogP contribution in [0.15, 0.2) is 79.0 Å². The maximum atomic E-state index is 12.8. The van der Waals surface area contributed by atoms with E-state index in [2.05, 4.69) is 10.4 Å². The SMILES string of the molecule is COc1ccc(C(=O)Nc2ccn(Cc3cccc(Cl)c3)n2)cc1COc1ccc(Cl)cc1. The zero-order chi connectivity index (χ0) is 23.2. The average Bonchev–Trinajstić information content (AvgIpc) is 3.25. The second-order valence-corrected chi connectivity index (χ2v) is 8.12. The van der Waals surface area contributed by atoms with Crippen molar-refractivity contribution >= 4 is 34.9 Å². The van der Waals surface area contributed by atoms with Gasteiger partial charge in [-0.1, -0.05) is 35.3 Å². The van der Waals surface area contributed by atoms with Crippen molar-refractivity contribution < 1.29 is 14.3 Å². The van der Waals surface area contributed by atoms with Crippen molar-refractivity contribution in [2.24, 2.45) is 0 Å². The summed E-state index contributed by atoms with van der Waals surface area (Å²) in [6.07, 6.45) is 1.80. The van der Waals surface area contributed by atoms with Crippen LogP contribution in [0.25, 0.3) is 0 Å². The number of aromatic nitrogens is 2. The fraction of sp³-hybridized carbons (Fsp3) is 0.120. The number of rotatable bonds is 8. The Labute approximate surface area is 201 Å². The Hall–Kier alpha value is -3.48. The summed E-state index contributed by atoms with van der Waals surface area (Å²) in [7, 11) is 1.58. The second-order valence-electron chi connectivity index (χ2n) is 7.25. The summed E-state index contributed by atoms with van der Waals surface area (Å²) in [6, 6.07) is 21.6. The number of carbonyl (C=O) groups excluding carboxylic acids is 1. The number of hydrogen-bond acceptors (Lipinski definition) is 4. The van der Waals surface area contributed by atoms with Gasteiger partial charge in [-0.3, -0.25) is 9.48 Å². The van der Waals surface area contributed by atoms with E-state index < -0.39 is 0 Å². The molecule has 0 unspecified atom stereocenters. The van der Waals surface area contributed by atoms with E-state index in [0.717, 1.165) is 11.1 Å². The lowest BCUT2D eigenvalue weighted by Gasteiger charge is -2.12. The van der Waals surface area contributed by atoms with E-state index in [-0.39, 0.29) is 12.5 Å². The zero-order valence-electron chi connectivity index (χ0n) is 17.8. The summed E-state index contributed by atoms with van der Waals surface area (Å²) >= 11 is 12.0. The molecule has 168 valence electrons. The lowest BCUT2D eigenvalue weighted by Crippen LogP contribution is -2.14. The van der Waals surface area contributed by atoms with Crippen LogP contribution in [0, 0.1) is 0 Å². The first-order valence-corrected chi connectivity index (χ1v) is 10.9. The molecule has 0 radical (unpaired) electrons. The molecule has 0 saturated heterocycles. The fourth-order valence-electron chi connectivity index (χ4n) is 3.25. The molecule has 3 aromatic carbocycles. The van der Waals surface area contributed by atoms with Gasteiger partial charge in [0.05, 0.1) is 13.7 Å². The van der Waals surface area contributed by atoms with Crippen LogP contribution in [-0.4, -0.2) is 22.8 Å². The Morgan fingerprint density at radius 2 is 1.82 bits per heavy atom. The summed E-state index contributed by atoms with van der Waals surface area (Å²) in [5.41, 5.74) is 2.23. The maximum Gasteiger partial charge on any atom is 0.256 e. The lowest BCUT2D eigenvalue weighted by molar-refractivity contribution is 0.102. The van der Waals surface area contributed by atoms with Gasteiger partial charge in [0.25, 0.3) is 5.91 Å². The first-order valence-electron chi connectivity index (χ1n) is 10.1. The molecule has 0 spiro atoms. The minimum atomic E-state index is -0.279. The highest BCUT2D eigenvalue weighted by molar-refractivity contribution is 6.30. The van der Waals surface area contributed by atoms with Crippen molar-refractivity contribution in [1.82, 2.24) is 9.78 Å². The molecule has 1 amide bonds. The molecule has 1 N–H and O–H groups in total. The molecule has 8 heteroatoms. The molecule has 1 aromatic heterocycles. The van der Waals surface area contributed by atoms with Crippen LogP contribution in [0.3, 0.4) is 0 Å². The largest absolute Gasteiger partial charge is 0.496 e. The molecular formula is C25H21Cl2N3O3. The van der Waals surface area contributed by atoms with Gasteiger partial charge in [0.1, 0.15) is 18.1 Å². The van der Waals surface area contributed by atoms with Crippen molar-refractivity contribution in [2.75, 3.05) is 12.4 Å². The zero-order valence-corrected chi connectivity index (χ0v) is 19.3. The summed E-state index contributed by atoms with van der Waals surface area (Å²) in [5.74, 6) is 1.48. The molecule has 33 heavy (non-hydrogen) atoms. The van der Waals surface area contributed by atoms with Gasteiger partial charge < -0.3 is 14.8 Å². The van der Waals surface area contributed by atoms with Gasteiger partial charge in [-0.25, -0.2) is 0 Å². The highest BCUT2D eigenvalue weighted by atomic mass is 35.5. The first-order chi connectivity index (χ1) is 16.0. The molecular weight excluding hydrogens is 461 g/mol. The van der Waals surface area contributed by atoms with Crippen molar-refractivity contribution in [3.05, 3.63) is 106 Å². The van der Waals surface area contributed by atoms with Crippen LogP contribution in [0.1, 0.15) is 21.5 Å². The van der Waals surface area contributed by atoms with E-state index in [4.69, 9.17) is 32.7 Å². The van der Waals surface area contributed by atoms with Gasteiger partial charge in [-0.2, -0.15) is 5.10 Å². The Kier molecular flexibility index (Phi) is 7.17. The number of amides is 1. The van der Waals surface area contributed by atoms with Crippen LogP contribution in [-0.2, 0) is 13.2 Å². The first kappa shape index (κ1) is 22.7. The number of nitrogens with zero attached hydrogens (tertiary/aromatic N) is 2. The van der Waals surface area contributed by atoms with Crippen molar-refractivity contribution in [3.8, 4) is 11.5 Å². The average molecular weight is 482 g/mol. The maximum absolute atomic E-state index is 12.8. The predicted molar refractivity (Wildman–Crippen MR) is 130 cm³/mol. The third-order valence-corrected chi connectivity index (χ3v) is 5.35. The highest BCUT2D eigenvalue weighted by Gasteiger charge is 2.13. The molecule has 0 aliphatic rings. The van der Waals surface area contributed by atoms with Gasteiger partial charge in [-0.15, -0.1) is 0 Å². The third kappa shape index (κ3) is 6.06. The molecule has 6 nitrogen and oxygen atoms in total. The molecule has 0 bridgehead atoms. The van der Waals surface area contributed by atoms with Crippen LogP contribution in [0.4, 0.5) is 5.82 Å². The number of ether oxygens (including phenoxy) is 2. The number of halogens is 2. The number of nitrogens with one attached hydrogen (secondary N) is 1. The Morgan fingerprint density at radius 3 is 2.58 bits per heavy atom. The summed E-state index contributed by atoms with van der Waals surface area (Å²) in [4.78, 5) is 12.8. The number of hydrogen-bond donors (Lipinski definition) is 1. The van der Waals surface area contributed by atoms with Gasteiger partial charge in [-0.05, 0) is 60.2 Å². The standard InChI is InChI=1S/C25H21Cl2N3O3/c1-32-23-10-5-18(14-19(23)16-33-22-8-6-20(26)7-9-22)25(31)28-24-11-12-30(29-24)15-17-3-2-4-21(27)13-17/h2-14H,15-16H2,1H3,(H,28,29,31). The topological polar surface area (TPSA) is 65.4 Å². The number of anilines is 1. The molecule has 1 heterocycles. The van der Waals surface area contributed by atoms with Gasteiger partial charge in [0, 0.05) is 33.4 Å². The molecule has 0 fully saturated rings. The predicted octanol–water partition coefficient (Wildman–Crippen LogP) is 6.08. The number of benzene rings is 3. The van der Waals surface area contributed by atoms with E-state index in [0.29, 0.717) is 39.5 Å². The monoisotopic (exact) mass is 481 g/mol.